The summed E-state index contributed by atoms with van der Waals surface area (Å²) >= 11 is 3.51. The largest absolute Gasteiger partial charge is 0.490 e. The van der Waals surface area contributed by atoms with Gasteiger partial charge in [0.05, 0.1) is 4.47 Å². The summed E-state index contributed by atoms with van der Waals surface area (Å²) in [5, 5.41) is 0. The molecule has 0 spiro atoms. The van der Waals surface area contributed by atoms with E-state index in [2.05, 4.69) is 36.7 Å². The molecule has 0 aromatic heterocycles. The van der Waals surface area contributed by atoms with Crippen LogP contribution in [0.4, 0.5) is 0 Å². The first-order chi connectivity index (χ1) is 14.3. The number of hydrogen-bond donors (Lipinski definition) is 0. The van der Waals surface area contributed by atoms with Crippen LogP contribution in [0.1, 0.15) is 36.7 Å². The highest BCUT2D eigenvalue weighted by molar-refractivity contribution is 9.10. The summed E-state index contributed by atoms with van der Waals surface area (Å²) in [4.78, 5) is 12.8. The van der Waals surface area contributed by atoms with E-state index in [0.29, 0.717) is 30.3 Å². The molecule has 4 nitrogen and oxygen atoms in total. The molecular formula is C25H25BrO4. The molecule has 0 N–H and O–H groups in total. The third-order valence-corrected chi connectivity index (χ3v) is 5.08. The van der Waals surface area contributed by atoms with Gasteiger partial charge in [-0.1, -0.05) is 57.2 Å². The molecule has 0 bridgehead atoms. The van der Waals surface area contributed by atoms with Crippen molar-refractivity contribution in [3.63, 3.8) is 0 Å². The highest BCUT2D eigenvalue weighted by Crippen LogP contribution is 2.32. The van der Waals surface area contributed by atoms with Gasteiger partial charge in [0, 0.05) is 0 Å². The SMILES string of the molecule is CC(C)(C)c1ccc(OC(=O)c2ccccc2OCCOc2ccccc2)c(Br)c1. The van der Waals surface area contributed by atoms with Crippen molar-refractivity contribution in [2.24, 2.45) is 0 Å². The van der Waals surface area contributed by atoms with Crippen molar-refractivity contribution in [1.29, 1.82) is 0 Å². The van der Waals surface area contributed by atoms with Gasteiger partial charge < -0.3 is 14.2 Å². The number of carbonyl (C=O) groups is 1. The molecule has 0 aliphatic heterocycles. The molecule has 3 aromatic carbocycles. The van der Waals surface area contributed by atoms with Crippen molar-refractivity contribution >= 4 is 21.9 Å². The number of para-hydroxylation sites is 2. The van der Waals surface area contributed by atoms with Crippen molar-refractivity contribution in [1.82, 2.24) is 0 Å². The van der Waals surface area contributed by atoms with Crippen LogP contribution >= 0.6 is 15.9 Å². The van der Waals surface area contributed by atoms with Crippen LogP contribution in [0.5, 0.6) is 17.2 Å². The van der Waals surface area contributed by atoms with Gasteiger partial charge in [0.25, 0.3) is 0 Å². The molecule has 0 radical (unpaired) electrons. The van der Waals surface area contributed by atoms with Gasteiger partial charge >= 0.3 is 5.97 Å². The minimum atomic E-state index is -0.473. The van der Waals surface area contributed by atoms with Gasteiger partial charge in [-0.2, -0.15) is 0 Å². The first-order valence-corrected chi connectivity index (χ1v) is 10.6. The molecule has 0 aliphatic carbocycles. The molecule has 0 unspecified atom stereocenters. The van der Waals surface area contributed by atoms with Crippen molar-refractivity contribution < 1.29 is 19.0 Å². The van der Waals surface area contributed by atoms with E-state index in [0.717, 1.165) is 15.8 Å². The maximum atomic E-state index is 12.8. The molecular weight excluding hydrogens is 444 g/mol. The average molecular weight is 469 g/mol. The Balaban J connectivity index is 1.64. The molecule has 0 aliphatic rings. The van der Waals surface area contributed by atoms with Crippen molar-refractivity contribution in [2.75, 3.05) is 13.2 Å². The topological polar surface area (TPSA) is 44.8 Å². The van der Waals surface area contributed by atoms with Gasteiger partial charge in [-0.05, 0) is 63.3 Å². The summed E-state index contributed by atoms with van der Waals surface area (Å²) in [5.41, 5.74) is 1.52. The van der Waals surface area contributed by atoms with E-state index in [4.69, 9.17) is 14.2 Å². The van der Waals surface area contributed by atoms with Crippen LogP contribution in [0.3, 0.4) is 0 Å². The lowest BCUT2D eigenvalue weighted by atomic mass is 9.87. The third kappa shape index (κ3) is 5.86. The second-order valence-corrected chi connectivity index (χ2v) is 8.65. The molecule has 5 heteroatoms. The summed E-state index contributed by atoms with van der Waals surface area (Å²) in [6.07, 6.45) is 0. The van der Waals surface area contributed by atoms with Gasteiger partial charge in [0.15, 0.2) is 0 Å². The fourth-order valence-corrected chi connectivity index (χ4v) is 3.25. The van der Waals surface area contributed by atoms with Gasteiger partial charge in [-0.15, -0.1) is 0 Å². The second kappa shape index (κ2) is 9.81. The number of hydrogen-bond acceptors (Lipinski definition) is 4. The van der Waals surface area contributed by atoms with Crippen LogP contribution in [0, 0.1) is 0 Å². The lowest BCUT2D eigenvalue weighted by Gasteiger charge is -2.20. The number of benzene rings is 3. The van der Waals surface area contributed by atoms with Gasteiger partial charge in [0.1, 0.15) is 36.0 Å². The number of rotatable bonds is 7. The van der Waals surface area contributed by atoms with E-state index in [1.807, 2.05) is 48.5 Å². The first-order valence-electron chi connectivity index (χ1n) is 9.76. The Labute approximate surface area is 185 Å². The van der Waals surface area contributed by atoms with Crippen molar-refractivity contribution in [2.45, 2.75) is 26.2 Å². The summed E-state index contributed by atoms with van der Waals surface area (Å²) < 4.78 is 17.8. The quantitative estimate of drug-likeness (QED) is 0.228. The lowest BCUT2D eigenvalue weighted by molar-refractivity contribution is 0.0728. The van der Waals surface area contributed by atoms with E-state index < -0.39 is 5.97 Å². The van der Waals surface area contributed by atoms with Gasteiger partial charge in [0.2, 0.25) is 0 Å². The van der Waals surface area contributed by atoms with E-state index >= 15 is 0 Å². The van der Waals surface area contributed by atoms with Crippen LogP contribution < -0.4 is 14.2 Å². The fourth-order valence-electron chi connectivity index (χ4n) is 2.79. The van der Waals surface area contributed by atoms with Crippen LogP contribution in [-0.2, 0) is 5.41 Å². The van der Waals surface area contributed by atoms with Gasteiger partial charge in [-0.3, -0.25) is 0 Å². The first kappa shape index (κ1) is 21.9. The predicted molar refractivity (Wildman–Crippen MR) is 122 cm³/mol. The van der Waals surface area contributed by atoms with E-state index in [1.54, 1.807) is 24.3 Å². The molecule has 0 fully saturated rings. The average Bonchev–Trinajstić information content (AvgIpc) is 2.73. The Morgan fingerprint density at radius 1 is 0.833 bits per heavy atom. The van der Waals surface area contributed by atoms with Crippen LogP contribution in [-0.4, -0.2) is 19.2 Å². The second-order valence-electron chi connectivity index (χ2n) is 7.79. The Kier molecular flexibility index (Phi) is 7.16. The zero-order valence-electron chi connectivity index (χ0n) is 17.4. The number of esters is 1. The minimum Gasteiger partial charge on any atom is -0.490 e. The standard InChI is InChI=1S/C25H25BrO4/c1-25(2,3)18-13-14-23(21(26)17-18)30-24(27)20-11-7-8-12-22(20)29-16-15-28-19-9-5-4-6-10-19/h4-14,17H,15-16H2,1-3H3. The number of carbonyl (C=O) groups excluding carboxylic acids is 1. The van der Waals surface area contributed by atoms with E-state index in [9.17, 15) is 4.79 Å². The third-order valence-electron chi connectivity index (χ3n) is 4.46. The molecule has 0 saturated carbocycles. The van der Waals surface area contributed by atoms with E-state index in [1.165, 1.54) is 0 Å². The molecule has 30 heavy (non-hydrogen) atoms. The Bertz CT molecular complexity index is 994. The maximum Gasteiger partial charge on any atom is 0.347 e. The highest BCUT2D eigenvalue weighted by Gasteiger charge is 2.19. The lowest BCUT2D eigenvalue weighted by Crippen LogP contribution is -2.15. The molecule has 3 aromatic rings. The highest BCUT2D eigenvalue weighted by atomic mass is 79.9. The Hall–Kier alpha value is -2.79. The molecule has 0 saturated heterocycles. The summed E-state index contributed by atoms with van der Waals surface area (Å²) in [6, 6.07) is 22.3. The predicted octanol–water partition coefficient (Wildman–Crippen LogP) is 6.42. The molecule has 3 rings (SSSR count). The summed E-state index contributed by atoms with van der Waals surface area (Å²) in [6.45, 7) is 7.08. The summed E-state index contributed by atoms with van der Waals surface area (Å²) in [5.74, 6) is 1.23. The normalized spacial score (nSPS) is 11.1. The summed E-state index contributed by atoms with van der Waals surface area (Å²) in [7, 11) is 0. The Morgan fingerprint density at radius 3 is 2.20 bits per heavy atom. The molecule has 0 atom stereocenters. The fraction of sp³-hybridized carbons (Fsp3) is 0.240. The van der Waals surface area contributed by atoms with Gasteiger partial charge in [-0.25, -0.2) is 4.79 Å². The van der Waals surface area contributed by atoms with Crippen molar-refractivity contribution in [3.05, 3.63) is 88.4 Å². The number of halogens is 1. The smallest absolute Gasteiger partial charge is 0.347 e. The zero-order chi connectivity index (χ0) is 21.6. The van der Waals surface area contributed by atoms with Crippen molar-refractivity contribution in [3.8, 4) is 17.2 Å². The molecule has 156 valence electrons. The van der Waals surface area contributed by atoms with Crippen LogP contribution in [0.2, 0.25) is 0 Å². The number of ether oxygens (including phenoxy) is 3. The Morgan fingerprint density at radius 2 is 1.50 bits per heavy atom. The van der Waals surface area contributed by atoms with Crippen LogP contribution in [0.25, 0.3) is 0 Å². The monoisotopic (exact) mass is 468 g/mol. The molecule has 0 amide bonds. The molecule has 0 heterocycles. The zero-order valence-corrected chi connectivity index (χ0v) is 18.9. The van der Waals surface area contributed by atoms with Crippen LogP contribution in [0.15, 0.2) is 77.3 Å². The minimum absolute atomic E-state index is 0.00726. The maximum absolute atomic E-state index is 12.8. The van der Waals surface area contributed by atoms with E-state index in [-0.39, 0.29) is 5.41 Å².